The fraction of sp³-hybridized carbons (Fsp3) is 0.278. The van der Waals surface area contributed by atoms with E-state index in [1.807, 2.05) is 30.3 Å². The number of carbonyl (C=O) groups is 1. The highest BCUT2D eigenvalue weighted by atomic mass is 28.3. The molecule has 0 aliphatic heterocycles. The van der Waals surface area contributed by atoms with Crippen molar-refractivity contribution in [1.29, 1.82) is 0 Å². The fourth-order valence-corrected chi connectivity index (χ4v) is 5.99. The van der Waals surface area contributed by atoms with Crippen LogP contribution in [0.2, 0.25) is 19.6 Å². The monoisotopic (exact) mass is 280 g/mol. The smallest absolute Gasteiger partial charge is 0.170 e. The van der Waals surface area contributed by atoms with Gasteiger partial charge in [0.15, 0.2) is 5.78 Å². The molecule has 102 valence electrons. The number of ketones is 1. The molecule has 0 fully saturated rings. The summed E-state index contributed by atoms with van der Waals surface area (Å²) < 4.78 is 0. The molecule has 0 saturated carbocycles. The molecule has 1 aliphatic carbocycles. The summed E-state index contributed by atoms with van der Waals surface area (Å²) in [6.07, 6.45) is 0. The standard InChI is InChI=1S/C18H20OSi/c1-20(2,3)18-15-12-8-7-11-14(15)17(19)16(18)13-9-5-4-6-10-13/h4-12,16,18H,1-3H3. The van der Waals surface area contributed by atoms with E-state index in [0.717, 1.165) is 5.56 Å². The topological polar surface area (TPSA) is 17.1 Å². The second kappa shape index (κ2) is 4.71. The van der Waals surface area contributed by atoms with Crippen molar-refractivity contribution in [1.82, 2.24) is 0 Å². The van der Waals surface area contributed by atoms with Gasteiger partial charge in [0.2, 0.25) is 0 Å². The van der Waals surface area contributed by atoms with Crippen molar-refractivity contribution in [2.24, 2.45) is 0 Å². The van der Waals surface area contributed by atoms with Crippen LogP contribution in [0.1, 0.15) is 32.9 Å². The minimum atomic E-state index is -1.48. The lowest BCUT2D eigenvalue weighted by Gasteiger charge is -2.31. The summed E-state index contributed by atoms with van der Waals surface area (Å²) in [5.74, 6) is 0.319. The Kier molecular flexibility index (Phi) is 3.13. The zero-order valence-electron chi connectivity index (χ0n) is 12.3. The van der Waals surface area contributed by atoms with Gasteiger partial charge < -0.3 is 0 Å². The minimum Gasteiger partial charge on any atom is -0.293 e. The molecule has 2 atom stereocenters. The van der Waals surface area contributed by atoms with E-state index in [9.17, 15) is 4.79 Å². The third-order valence-electron chi connectivity index (χ3n) is 4.27. The van der Waals surface area contributed by atoms with Gasteiger partial charge in [0, 0.05) is 5.56 Å². The Balaban J connectivity index is 2.18. The van der Waals surface area contributed by atoms with Crippen LogP contribution in [0.4, 0.5) is 0 Å². The first-order valence-electron chi connectivity index (χ1n) is 7.18. The predicted octanol–water partition coefficient (Wildman–Crippen LogP) is 4.63. The number of hydrogen-bond donors (Lipinski definition) is 0. The van der Waals surface area contributed by atoms with Gasteiger partial charge in [-0.15, -0.1) is 0 Å². The molecule has 1 aliphatic rings. The predicted molar refractivity (Wildman–Crippen MR) is 86.0 cm³/mol. The van der Waals surface area contributed by atoms with Gasteiger partial charge in [-0.3, -0.25) is 4.79 Å². The molecule has 2 heteroatoms. The SMILES string of the molecule is C[Si](C)(C)C1c2ccccc2C(=O)C1c1ccccc1. The number of Topliss-reactive ketones (excluding diaryl/α,β-unsaturated/α-hetero) is 1. The van der Waals surface area contributed by atoms with Crippen molar-refractivity contribution in [3.05, 3.63) is 71.3 Å². The molecule has 0 bridgehead atoms. The van der Waals surface area contributed by atoms with Crippen LogP contribution in [0.25, 0.3) is 0 Å². The molecule has 0 saturated heterocycles. The number of benzene rings is 2. The van der Waals surface area contributed by atoms with Crippen LogP contribution in [0.3, 0.4) is 0 Å². The van der Waals surface area contributed by atoms with Crippen molar-refractivity contribution >= 4 is 13.9 Å². The second-order valence-electron chi connectivity index (χ2n) is 6.68. The summed E-state index contributed by atoms with van der Waals surface area (Å²) in [6.45, 7) is 7.09. The molecule has 0 radical (unpaired) electrons. The van der Waals surface area contributed by atoms with E-state index in [1.54, 1.807) is 0 Å². The van der Waals surface area contributed by atoms with E-state index in [2.05, 4.69) is 43.9 Å². The van der Waals surface area contributed by atoms with Crippen molar-refractivity contribution in [2.75, 3.05) is 0 Å². The Morgan fingerprint density at radius 1 is 0.850 bits per heavy atom. The van der Waals surface area contributed by atoms with Crippen LogP contribution >= 0.6 is 0 Å². The third-order valence-corrected chi connectivity index (χ3v) is 6.78. The number of hydrogen-bond acceptors (Lipinski definition) is 1. The maximum Gasteiger partial charge on any atom is 0.170 e. The Labute approximate surface area is 121 Å². The number of carbonyl (C=O) groups excluding carboxylic acids is 1. The fourth-order valence-electron chi connectivity index (χ4n) is 3.46. The normalized spacial score (nSPS) is 21.9. The Morgan fingerprint density at radius 2 is 1.45 bits per heavy atom. The Morgan fingerprint density at radius 3 is 2.10 bits per heavy atom. The number of rotatable bonds is 2. The van der Waals surface area contributed by atoms with Crippen molar-refractivity contribution in [2.45, 2.75) is 31.1 Å². The second-order valence-corrected chi connectivity index (χ2v) is 12.0. The zero-order chi connectivity index (χ0) is 14.3. The lowest BCUT2D eigenvalue weighted by Crippen LogP contribution is -2.34. The van der Waals surface area contributed by atoms with E-state index in [-0.39, 0.29) is 5.92 Å². The Hall–Kier alpha value is -1.67. The lowest BCUT2D eigenvalue weighted by atomic mass is 9.95. The van der Waals surface area contributed by atoms with Gasteiger partial charge in [0.05, 0.1) is 14.0 Å². The first kappa shape index (κ1) is 13.3. The molecule has 0 heterocycles. The van der Waals surface area contributed by atoms with E-state index < -0.39 is 8.07 Å². The van der Waals surface area contributed by atoms with Gasteiger partial charge in [0.25, 0.3) is 0 Å². The summed E-state index contributed by atoms with van der Waals surface area (Å²) >= 11 is 0. The summed E-state index contributed by atoms with van der Waals surface area (Å²) in [7, 11) is -1.48. The quantitative estimate of drug-likeness (QED) is 0.733. The van der Waals surface area contributed by atoms with Crippen molar-refractivity contribution in [3.8, 4) is 0 Å². The van der Waals surface area contributed by atoms with E-state index in [0.29, 0.717) is 11.3 Å². The van der Waals surface area contributed by atoms with Crippen LogP contribution in [-0.2, 0) is 0 Å². The lowest BCUT2D eigenvalue weighted by molar-refractivity contribution is 0.0970. The zero-order valence-corrected chi connectivity index (χ0v) is 13.3. The molecule has 3 rings (SSSR count). The van der Waals surface area contributed by atoms with Gasteiger partial charge in [-0.2, -0.15) is 0 Å². The molecule has 2 unspecified atom stereocenters. The largest absolute Gasteiger partial charge is 0.293 e. The Bertz CT molecular complexity index is 640. The maximum absolute atomic E-state index is 12.9. The molecule has 0 aromatic heterocycles. The van der Waals surface area contributed by atoms with Gasteiger partial charge >= 0.3 is 0 Å². The molecule has 1 nitrogen and oxygen atoms in total. The number of fused-ring (bicyclic) bond motifs is 1. The van der Waals surface area contributed by atoms with Gasteiger partial charge in [-0.05, 0) is 16.7 Å². The molecule has 2 aromatic carbocycles. The summed E-state index contributed by atoms with van der Waals surface area (Å²) in [5.41, 5.74) is 3.76. The maximum atomic E-state index is 12.9. The highest BCUT2D eigenvalue weighted by Crippen LogP contribution is 2.48. The molecule has 2 aromatic rings. The summed E-state index contributed by atoms with van der Waals surface area (Å²) in [4.78, 5) is 12.9. The molecule has 0 spiro atoms. The van der Waals surface area contributed by atoms with Crippen LogP contribution in [0.5, 0.6) is 0 Å². The first-order chi connectivity index (χ1) is 9.50. The first-order valence-corrected chi connectivity index (χ1v) is 10.8. The molecular formula is C18H20OSi. The molecule has 20 heavy (non-hydrogen) atoms. The average Bonchev–Trinajstić information content (AvgIpc) is 2.73. The van der Waals surface area contributed by atoms with Gasteiger partial charge in [-0.25, -0.2) is 0 Å². The van der Waals surface area contributed by atoms with Crippen LogP contribution in [-0.4, -0.2) is 13.9 Å². The average molecular weight is 280 g/mol. The molecule has 0 N–H and O–H groups in total. The van der Waals surface area contributed by atoms with Crippen molar-refractivity contribution in [3.63, 3.8) is 0 Å². The molecule has 0 amide bonds. The summed E-state index contributed by atoms with van der Waals surface area (Å²) in [5, 5.41) is 0. The van der Waals surface area contributed by atoms with E-state index in [4.69, 9.17) is 0 Å². The van der Waals surface area contributed by atoms with E-state index >= 15 is 0 Å². The van der Waals surface area contributed by atoms with Crippen molar-refractivity contribution < 1.29 is 4.79 Å². The summed E-state index contributed by atoms with van der Waals surface area (Å²) in [6, 6.07) is 18.5. The molecular weight excluding hydrogens is 260 g/mol. The van der Waals surface area contributed by atoms with Crippen LogP contribution < -0.4 is 0 Å². The van der Waals surface area contributed by atoms with Gasteiger partial charge in [-0.1, -0.05) is 74.2 Å². The highest BCUT2D eigenvalue weighted by molar-refractivity contribution is 6.78. The van der Waals surface area contributed by atoms with Gasteiger partial charge in [0.1, 0.15) is 0 Å². The minimum absolute atomic E-state index is 0.0141. The highest BCUT2D eigenvalue weighted by Gasteiger charge is 2.46. The van der Waals surface area contributed by atoms with Crippen LogP contribution in [0.15, 0.2) is 54.6 Å². The van der Waals surface area contributed by atoms with E-state index in [1.165, 1.54) is 11.1 Å². The van der Waals surface area contributed by atoms with Crippen LogP contribution in [0, 0.1) is 0 Å². The third kappa shape index (κ3) is 2.04.